The van der Waals surface area contributed by atoms with Crippen LogP contribution in [0.5, 0.6) is 0 Å². The fraction of sp³-hybridized carbons (Fsp3) is 0.185. The van der Waals surface area contributed by atoms with Gasteiger partial charge in [0.2, 0.25) is 11.6 Å². The molecular formula is C27H30N10O6. The third-order valence-electron chi connectivity index (χ3n) is 6.09. The van der Waals surface area contributed by atoms with E-state index >= 15 is 0 Å². The lowest BCUT2D eigenvalue weighted by Crippen LogP contribution is -2.17. The van der Waals surface area contributed by atoms with Gasteiger partial charge < -0.3 is 49.7 Å². The van der Waals surface area contributed by atoms with Gasteiger partial charge in [0.05, 0.1) is 18.0 Å². The second kappa shape index (κ2) is 12.6. The van der Waals surface area contributed by atoms with Gasteiger partial charge >= 0.3 is 11.9 Å². The summed E-state index contributed by atoms with van der Waals surface area (Å²) in [6.45, 7) is 0.187. The Labute approximate surface area is 245 Å². The lowest BCUT2D eigenvalue weighted by molar-refractivity contribution is -0.132. The van der Waals surface area contributed by atoms with E-state index in [1.165, 1.54) is 12.2 Å². The maximum atomic E-state index is 12.8. The molecule has 4 aromatic heterocycles. The molecule has 0 saturated heterocycles. The Hall–Kier alpha value is -6.06. The monoisotopic (exact) mass is 590 g/mol. The van der Waals surface area contributed by atoms with Crippen molar-refractivity contribution in [3.8, 4) is 0 Å². The van der Waals surface area contributed by atoms with E-state index in [9.17, 15) is 19.2 Å². The molecule has 6 N–H and O–H groups in total. The van der Waals surface area contributed by atoms with Crippen molar-refractivity contribution in [2.24, 2.45) is 28.2 Å². The van der Waals surface area contributed by atoms with Gasteiger partial charge in [0, 0.05) is 76.5 Å². The largest absolute Gasteiger partial charge is 0.478 e. The first kappa shape index (κ1) is 29.9. The van der Waals surface area contributed by atoms with Gasteiger partial charge in [-0.25, -0.2) is 19.6 Å². The number of amides is 2. The van der Waals surface area contributed by atoms with E-state index in [0.29, 0.717) is 34.4 Å². The van der Waals surface area contributed by atoms with Crippen molar-refractivity contribution in [2.75, 3.05) is 27.9 Å². The van der Waals surface area contributed by atoms with E-state index < -0.39 is 23.8 Å². The van der Waals surface area contributed by atoms with Crippen LogP contribution < -0.4 is 21.3 Å². The lowest BCUT2D eigenvalue weighted by atomic mass is 10.3. The number of imidazole rings is 2. The first-order valence-electron chi connectivity index (χ1n) is 12.7. The van der Waals surface area contributed by atoms with Crippen LogP contribution in [0.25, 0.3) is 12.2 Å². The highest BCUT2D eigenvalue weighted by Crippen LogP contribution is 2.18. The second-order valence-corrected chi connectivity index (χ2v) is 9.43. The molecule has 0 aliphatic heterocycles. The number of nitrogens with one attached hydrogen (secondary N) is 4. The van der Waals surface area contributed by atoms with Crippen LogP contribution in [-0.4, -0.2) is 68.9 Å². The van der Waals surface area contributed by atoms with Crippen LogP contribution in [-0.2, 0) is 37.8 Å². The van der Waals surface area contributed by atoms with Crippen molar-refractivity contribution in [3.05, 3.63) is 72.1 Å². The van der Waals surface area contributed by atoms with Gasteiger partial charge in [0.1, 0.15) is 11.6 Å². The molecule has 0 saturated carbocycles. The van der Waals surface area contributed by atoms with Gasteiger partial charge in [0.15, 0.2) is 0 Å². The molecule has 4 heterocycles. The zero-order valence-corrected chi connectivity index (χ0v) is 23.7. The SMILES string of the molecule is Cn1cc(NC(=O)c2nc(NCNc3cn(C)c(C(=O)Nc4cc(/C=C/C(=O)O)n(C)c4)n3)cn2C)cc1/C=C/C(=O)O. The van der Waals surface area contributed by atoms with Crippen LogP contribution in [0.1, 0.15) is 32.6 Å². The summed E-state index contributed by atoms with van der Waals surface area (Å²) in [7, 11) is 6.81. The van der Waals surface area contributed by atoms with Gasteiger partial charge in [-0.2, -0.15) is 0 Å². The summed E-state index contributed by atoms with van der Waals surface area (Å²) in [5.74, 6) is -1.92. The first-order valence-corrected chi connectivity index (χ1v) is 12.7. The molecule has 0 radical (unpaired) electrons. The minimum atomic E-state index is -1.07. The molecule has 224 valence electrons. The number of nitrogens with zero attached hydrogens (tertiary/aromatic N) is 6. The zero-order chi connectivity index (χ0) is 31.3. The number of carboxylic acid groups (broad SMARTS) is 2. The van der Waals surface area contributed by atoms with Crippen LogP contribution in [0.4, 0.5) is 23.0 Å². The zero-order valence-electron chi connectivity index (χ0n) is 23.7. The second-order valence-electron chi connectivity index (χ2n) is 9.43. The van der Waals surface area contributed by atoms with Gasteiger partial charge in [-0.3, -0.25) is 9.59 Å². The molecule has 0 fully saturated rings. The number of anilines is 4. The summed E-state index contributed by atoms with van der Waals surface area (Å²) in [6.07, 6.45) is 11.5. The number of aromatic nitrogens is 6. The molecule has 0 atom stereocenters. The molecule has 0 aromatic carbocycles. The number of carbonyl (C=O) groups excluding carboxylic acids is 2. The molecule has 16 heteroatoms. The maximum Gasteiger partial charge on any atom is 0.328 e. The van der Waals surface area contributed by atoms with Gasteiger partial charge in [0.25, 0.3) is 11.8 Å². The van der Waals surface area contributed by atoms with E-state index in [2.05, 4.69) is 31.2 Å². The summed E-state index contributed by atoms with van der Waals surface area (Å²) in [5.41, 5.74) is 2.16. The summed E-state index contributed by atoms with van der Waals surface area (Å²) in [4.78, 5) is 55.8. The molecule has 0 unspecified atom stereocenters. The number of carbonyl (C=O) groups is 4. The average Bonchev–Trinajstić information content (AvgIpc) is 3.67. The maximum absolute atomic E-state index is 12.8. The van der Waals surface area contributed by atoms with Crippen molar-refractivity contribution < 1.29 is 29.4 Å². The Morgan fingerprint density at radius 1 is 0.674 bits per heavy atom. The molecule has 0 aliphatic rings. The lowest BCUT2D eigenvalue weighted by Gasteiger charge is -2.04. The summed E-state index contributed by atoms with van der Waals surface area (Å²) in [6, 6.07) is 3.28. The number of hydrogen-bond donors (Lipinski definition) is 6. The molecule has 4 aromatic rings. The Kier molecular flexibility index (Phi) is 8.79. The molecular weight excluding hydrogens is 560 g/mol. The van der Waals surface area contributed by atoms with E-state index in [0.717, 1.165) is 12.2 Å². The van der Waals surface area contributed by atoms with Gasteiger partial charge in [-0.15, -0.1) is 0 Å². The highest BCUT2D eigenvalue weighted by atomic mass is 16.4. The van der Waals surface area contributed by atoms with Crippen molar-refractivity contribution in [1.29, 1.82) is 0 Å². The third kappa shape index (κ3) is 7.57. The Morgan fingerprint density at radius 3 is 1.44 bits per heavy atom. The fourth-order valence-corrected chi connectivity index (χ4v) is 4.07. The quantitative estimate of drug-likeness (QED) is 0.105. The molecule has 0 bridgehead atoms. The molecule has 0 spiro atoms. The minimum absolute atomic E-state index is 0.147. The molecule has 4 rings (SSSR count). The van der Waals surface area contributed by atoms with Gasteiger partial charge in [-0.1, -0.05) is 0 Å². The van der Waals surface area contributed by atoms with Crippen LogP contribution in [0.2, 0.25) is 0 Å². The van der Waals surface area contributed by atoms with E-state index in [1.807, 2.05) is 0 Å². The van der Waals surface area contributed by atoms with Crippen LogP contribution in [0, 0.1) is 0 Å². The van der Waals surface area contributed by atoms with E-state index in [-0.39, 0.29) is 18.3 Å². The predicted molar refractivity (Wildman–Crippen MR) is 159 cm³/mol. The standard InChI is InChI=1S/C27H30N10O6/c1-34-11-16(9-18(34)5-7-22(38)39)30-26(42)24-32-20(13-36(24)3)28-15-29-21-14-37(4)25(33-21)27(43)31-17-10-19(35(2)12-17)6-8-23(40)41/h5-14,28-29H,15H2,1-4H3,(H,30,42)(H,31,43)(H,38,39)(H,40,41)/b7-5+,8-6+. The Balaban J connectivity index is 1.32. The van der Waals surface area contributed by atoms with Crippen molar-refractivity contribution in [1.82, 2.24) is 28.2 Å². The van der Waals surface area contributed by atoms with Crippen molar-refractivity contribution in [2.45, 2.75) is 0 Å². The number of hydrogen-bond acceptors (Lipinski definition) is 8. The smallest absolute Gasteiger partial charge is 0.328 e. The van der Waals surface area contributed by atoms with Crippen LogP contribution in [0.3, 0.4) is 0 Å². The number of rotatable bonds is 12. The van der Waals surface area contributed by atoms with Gasteiger partial charge in [-0.05, 0) is 24.3 Å². The Morgan fingerprint density at radius 2 is 1.07 bits per heavy atom. The third-order valence-corrected chi connectivity index (χ3v) is 6.09. The average molecular weight is 591 g/mol. The first-order chi connectivity index (χ1) is 20.4. The number of carboxylic acids is 2. The topological polar surface area (TPSA) is 202 Å². The number of aliphatic carboxylic acids is 2. The highest BCUT2D eigenvalue weighted by Gasteiger charge is 2.17. The van der Waals surface area contributed by atoms with Crippen LogP contribution in [0.15, 0.2) is 49.1 Å². The fourth-order valence-electron chi connectivity index (χ4n) is 4.07. The minimum Gasteiger partial charge on any atom is -0.478 e. The van der Waals surface area contributed by atoms with Crippen molar-refractivity contribution >= 4 is 58.9 Å². The molecule has 16 nitrogen and oxygen atoms in total. The molecule has 43 heavy (non-hydrogen) atoms. The number of aryl methyl sites for hydroxylation is 4. The Bertz CT molecular complexity index is 1630. The predicted octanol–water partition coefficient (Wildman–Crippen LogP) is 2.01. The highest BCUT2D eigenvalue weighted by molar-refractivity contribution is 6.03. The summed E-state index contributed by atoms with van der Waals surface area (Å²) >= 11 is 0. The normalized spacial score (nSPS) is 11.3. The molecule has 2 amide bonds. The van der Waals surface area contributed by atoms with Crippen molar-refractivity contribution in [3.63, 3.8) is 0 Å². The molecule has 0 aliphatic carbocycles. The van der Waals surface area contributed by atoms with E-state index in [1.54, 1.807) is 83.4 Å². The van der Waals surface area contributed by atoms with Crippen LogP contribution >= 0.6 is 0 Å². The van der Waals surface area contributed by atoms with E-state index in [4.69, 9.17) is 10.2 Å². The summed E-state index contributed by atoms with van der Waals surface area (Å²) < 4.78 is 6.47. The summed E-state index contributed by atoms with van der Waals surface area (Å²) in [5, 5.41) is 29.2.